The highest BCUT2D eigenvalue weighted by molar-refractivity contribution is 7.18. The van der Waals surface area contributed by atoms with Crippen LogP contribution in [0.3, 0.4) is 0 Å². The zero-order chi connectivity index (χ0) is 14.0. The molecule has 0 spiro atoms. The first-order valence-electron chi connectivity index (χ1n) is 6.75. The summed E-state index contributed by atoms with van der Waals surface area (Å²) in [6.07, 6.45) is 3.62. The summed E-state index contributed by atoms with van der Waals surface area (Å²) in [5.41, 5.74) is 6.52. The van der Waals surface area contributed by atoms with Gasteiger partial charge in [0.2, 0.25) is 0 Å². The molecule has 2 atom stereocenters. The van der Waals surface area contributed by atoms with Gasteiger partial charge in [-0.15, -0.1) is 11.3 Å². The van der Waals surface area contributed by atoms with Crippen LogP contribution in [0.15, 0.2) is 6.07 Å². The number of hydrogen-bond donors (Lipinski definition) is 2. The number of ether oxygens (including phenoxy) is 1. The number of anilines is 2. The highest BCUT2D eigenvalue weighted by atomic mass is 32.1. The van der Waals surface area contributed by atoms with Gasteiger partial charge in [0.15, 0.2) is 5.78 Å². The Labute approximate surface area is 118 Å². The van der Waals surface area contributed by atoms with Crippen LogP contribution in [-0.4, -0.2) is 25.0 Å². The van der Waals surface area contributed by atoms with Gasteiger partial charge in [0.1, 0.15) is 0 Å². The summed E-state index contributed by atoms with van der Waals surface area (Å²) in [6.45, 7) is 3.79. The van der Waals surface area contributed by atoms with Crippen molar-refractivity contribution in [1.82, 2.24) is 0 Å². The number of ketones is 1. The summed E-state index contributed by atoms with van der Waals surface area (Å²) in [5.74, 6) is 0.0947. The van der Waals surface area contributed by atoms with Crippen molar-refractivity contribution in [2.24, 2.45) is 5.92 Å². The van der Waals surface area contributed by atoms with Crippen LogP contribution in [0, 0.1) is 5.92 Å². The average molecular weight is 282 g/mol. The smallest absolute Gasteiger partial charge is 0.177 e. The van der Waals surface area contributed by atoms with Crippen LogP contribution in [0.4, 0.5) is 10.7 Å². The molecule has 106 valence electrons. The molecule has 0 saturated heterocycles. The van der Waals surface area contributed by atoms with Crippen molar-refractivity contribution in [1.29, 1.82) is 0 Å². The Kier molecular flexibility index (Phi) is 4.47. The van der Waals surface area contributed by atoms with Crippen LogP contribution >= 0.6 is 11.3 Å². The van der Waals surface area contributed by atoms with Gasteiger partial charge in [-0.3, -0.25) is 4.79 Å². The topological polar surface area (TPSA) is 64.3 Å². The molecule has 19 heavy (non-hydrogen) atoms. The number of carbonyl (C=O) groups excluding carboxylic acids is 1. The number of nitrogens with two attached hydrogens (primary N) is 1. The summed E-state index contributed by atoms with van der Waals surface area (Å²) in [7, 11) is 1.75. The number of Topliss-reactive ketones (excluding diaryl/α,β-unsaturated/α-hetero) is 1. The zero-order valence-electron chi connectivity index (χ0n) is 11.7. The first-order chi connectivity index (χ1) is 9.02. The van der Waals surface area contributed by atoms with E-state index in [0.717, 1.165) is 17.8 Å². The van der Waals surface area contributed by atoms with Gasteiger partial charge < -0.3 is 15.8 Å². The average Bonchev–Trinajstić information content (AvgIpc) is 2.95. The largest absolute Gasteiger partial charge is 0.397 e. The predicted molar refractivity (Wildman–Crippen MR) is 80.0 cm³/mol. The first-order valence-corrected chi connectivity index (χ1v) is 7.57. The van der Waals surface area contributed by atoms with Crippen molar-refractivity contribution in [2.75, 3.05) is 18.2 Å². The van der Waals surface area contributed by atoms with E-state index >= 15 is 0 Å². The van der Waals surface area contributed by atoms with Crippen molar-refractivity contribution >= 4 is 27.8 Å². The van der Waals surface area contributed by atoms with Crippen molar-refractivity contribution in [3.63, 3.8) is 0 Å². The van der Waals surface area contributed by atoms with Gasteiger partial charge in [0, 0.05) is 13.0 Å². The molecular formula is C14H22N2O2S. The molecule has 1 fully saturated rings. The third kappa shape index (κ3) is 3.09. The lowest BCUT2D eigenvalue weighted by Gasteiger charge is -2.19. The van der Waals surface area contributed by atoms with Gasteiger partial charge in [-0.05, 0) is 25.3 Å². The van der Waals surface area contributed by atoms with Gasteiger partial charge in [-0.25, -0.2) is 0 Å². The Morgan fingerprint density at radius 1 is 1.53 bits per heavy atom. The fourth-order valence-corrected chi connectivity index (χ4v) is 3.62. The second kappa shape index (κ2) is 5.92. The molecule has 1 aromatic heterocycles. The monoisotopic (exact) mass is 282 g/mol. The maximum atomic E-state index is 12.0. The van der Waals surface area contributed by atoms with Crippen molar-refractivity contribution in [3.05, 3.63) is 10.9 Å². The third-order valence-corrected chi connectivity index (χ3v) is 4.69. The molecule has 1 heterocycles. The maximum absolute atomic E-state index is 12.0. The van der Waals surface area contributed by atoms with Crippen LogP contribution < -0.4 is 11.1 Å². The molecule has 0 bridgehead atoms. The lowest BCUT2D eigenvalue weighted by molar-refractivity contribution is 0.0944. The number of methoxy groups -OCH3 is 1. The van der Waals surface area contributed by atoms with E-state index in [1.165, 1.54) is 17.8 Å². The Morgan fingerprint density at radius 2 is 2.26 bits per heavy atom. The lowest BCUT2D eigenvalue weighted by atomic mass is 10.1. The van der Waals surface area contributed by atoms with E-state index in [-0.39, 0.29) is 17.8 Å². The summed E-state index contributed by atoms with van der Waals surface area (Å²) in [5, 5.41) is 4.43. The minimum absolute atomic E-state index is 0.0213. The Balaban J connectivity index is 2.10. The van der Waals surface area contributed by atoms with Crippen molar-refractivity contribution < 1.29 is 9.53 Å². The fourth-order valence-electron chi connectivity index (χ4n) is 2.49. The number of hydrogen-bond acceptors (Lipinski definition) is 5. The number of thiophene rings is 1. The van der Waals surface area contributed by atoms with E-state index in [4.69, 9.17) is 10.5 Å². The van der Waals surface area contributed by atoms with Crippen LogP contribution in [0.1, 0.15) is 42.8 Å². The van der Waals surface area contributed by atoms with E-state index in [0.29, 0.717) is 16.6 Å². The van der Waals surface area contributed by atoms with E-state index < -0.39 is 0 Å². The molecule has 1 aliphatic rings. The van der Waals surface area contributed by atoms with Gasteiger partial charge in [0.05, 0.1) is 27.7 Å². The number of carbonyl (C=O) groups is 1. The van der Waals surface area contributed by atoms with Gasteiger partial charge in [-0.2, -0.15) is 0 Å². The molecule has 0 aromatic carbocycles. The third-order valence-electron chi connectivity index (χ3n) is 3.59. The molecule has 4 nitrogen and oxygen atoms in total. The second-order valence-corrected chi connectivity index (χ2v) is 6.42. The van der Waals surface area contributed by atoms with Crippen molar-refractivity contribution in [3.8, 4) is 0 Å². The van der Waals surface area contributed by atoms with Crippen LogP contribution in [0.5, 0.6) is 0 Å². The molecule has 1 aliphatic carbocycles. The minimum atomic E-state index is -0.0213. The summed E-state index contributed by atoms with van der Waals surface area (Å²) in [4.78, 5) is 12.7. The van der Waals surface area contributed by atoms with Gasteiger partial charge in [-0.1, -0.05) is 13.8 Å². The summed E-state index contributed by atoms with van der Waals surface area (Å²) < 4.78 is 5.46. The quantitative estimate of drug-likeness (QED) is 0.814. The van der Waals surface area contributed by atoms with E-state index in [9.17, 15) is 4.79 Å². The standard InChI is InChI=1S/C14H22N2O2S/c1-8(2)13(17)14-9(15)7-12(19-14)16-10-5-4-6-11(10)18-3/h7-8,10-11,16H,4-6,15H2,1-3H3. The number of nitrogens with one attached hydrogen (secondary N) is 1. The molecule has 0 amide bonds. The number of rotatable bonds is 5. The maximum Gasteiger partial charge on any atom is 0.177 e. The fraction of sp³-hybridized carbons (Fsp3) is 0.643. The number of nitrogen functional groups attached to an aromatic ring is 1. The second-order valence-electron chi connectivity index (χ2n) is 5.37. The molecule has 1 aromatic rings. The minimum Gasteiger partial charge on any atom is -0.397 e. The summed E-state index contributed by atoms with van der Waals surface area (Å²) in [6, 6.07) is 2.19. The van der Waals surface area contributed by atoms with E-state index in [1.807, 2.05) is 19.9 Å². The van der Waals surface area contributed by atoms with Gasteiger partial charge in [0.25, 0.3) is 0 Å². The molecule has 5 heteroatoms. The Hall–Kier alpha value is -1.07. The lowest BCUT2D eigenvalue weighted by Crippen LogP contribution is -2.29. The highest BCUT2D eigenvalue weighted by Gasteiger charge is 2.28. The highest BCUT2D eigenvalue weighted by Crippen LogP contribution is 2.34. The van der Waals surface area contributed by atoms with Crippen LogP contribution in [-0.2, 0) is 4.74 Å². The Bertz CT molecular complexity index is 456. The molecule has 0 aliphatic heterocycles. The molecule has 2 rings (SSSR count). The Morgan fingerprint density at radius 3 is 2.89 bits per heavy atom. The first kappa shape index (κ1) is 14.3. The van der Waals surface area contributed by atoms with E-state index in [1.54, 1.807) is 7.11 Å². The predicted octanol–water partition coefficient (Wildman–Crippen LogP) is 3.15. The van der Waals surface area contributed by atoms with Gasteiger partial charge >= 0.3 is 0 Å². The molecule has 1 saturated carbocycles. The van der Waals surface area contributed by atoms with Crippen LogP contribution in [0.2, 0.25) is 0 Å². The summed E-state index contributed by atoms with van der Waals surface area (Å²) >= 11 is 1.45. The SMILES string of the molecule is COC1CCCC1Nc1cc(N)c(C(=O)C(C)C)s1. The zero-order valence-corrected chi connectivity index (χ0v) is 12.5. The molecular weight excluding hydrogens is 260 g/mol. The molecule has 2 unspecified atom stereocenters. The van der Waals surface area contributed by atoms with E-state index in [2.05, 4.69) is 5.32 Å². The van der Waals surface area contributed by atoms with Crippen molar-refractivity contribution in [2.45, 2.75) is 45.3 Å². The van der Waals surface area contributed by atoms with Crippen LogP contribution in [0.25, 0.3) is 0 Å². The normalized spacial score (nSPS) is 22.9. The molecule has 0 radical (unpaired) electrons. The molecule has 3 N–H and O–H groups in total.